The highest BCUT2D eigenvalue weighted by atomic mass is 32.1. The summed E-state index contributed by atoms with van der Waals surface area (Å²) in [7, 11) is 0. The topological polar surface area (TPSA) is 26.0 Å². The summed E-state index contributed by atoms with van der Waals surface area (Å²) in [5.41, 5.74) is 0.853. The average Bonchev–Trinajstić information content (AvgIpc) is 1.98. The van der Waals surface area contributed by atoms with Crippen molar-refractivity contribution in [3.05, 3.63) is 11.5 Å². The van der Waals surface area contributed by atoms with Gasteiger partial charge < -0.3 is 4.52 Å². The molecule has 0 spiro atoms. The Morgan fingerprint density at radius 2 is 2.12 bits per heavy atom. The van der Waals surface area contributed by atoms with Crippen molar-refractivity contribution in [2.24, 2.45) is 0 Å². The van der Waals surface area contributed by atoms with Crippen LogP contribution in [0.3, 0.4) is 0 Å². The van der Waals surface area contributed by atoms with E-state index in [9.17, 15) is 0 Å². The largest absolute Gasteiger partial charge is 0.360 e. The summed E-state index contributed by atoms with van der Waals surface area (Å²) >= 11 is 4.11. The molecule has 1 aromatic heterocycles. The van der Waals surface area contributed by atoms with Crippen LogP contribution < -0.4 is 0 Å². The first-order valence-electron chi connectivity index (χ1n) is 2.33. The molecule has 0 saturated carbocycles. The highest BCUT2D eigenvalue weighted by Crippen LogP contribution is 2.15. The first kappa shape index (κ1) is 5.69. The van der Waals surface area contributed by atoms with Gasteiger partial charge in [0.25, 0.3) is 0 Å². The van der Waals surface area contributed by atoms with Gasteiger partial charge in [0.1, 0.15) is 5.76 Å². The Kier molecular flexibility index (Phi) is 1.29. The van der Waals surface area contributed by atoms with Gasteiger partial charge in [-0.05, 0) is 13.8 Å². The highest BCUT2D eigenvalue weighted by molar-refractivity contribution is 7.80. The molecule has 0 amide bonds. The molecule has 0 aliphatic rings. The van der Waals surface area contributed by atoms with Crippen molar-refractivity contribution in [3.8, 4) is 0 Å². The van der Waals surface area contributed by atoms with E-state index in [2.05, 4.69) is 17.8 Å². The predicted octanol–water partition coefficient (Wildman–Crippen LogP) is 1.58. The van der Waals surface area contributed by atoms with Crippen LogP contribution in [0, 0.1) is 13.8 Å². The molecule has 0 aliphatic heterocycles. The van der Waals surface area contributed by atoms with E-state index in [0.29, 0.717) is 0 Å². The number of rotatable bonds is 0. The maximum absolute atomic E-state index is 4.77. The van der Waals surface area contributed by atoms with Crippen LogP contribution in [0.25, 0.3) is 0 Å². The smallest absolute Gasteiger partial charge is 0.147 e. The molecular formula is C5H7NOS. The van der Waals surface area contributed by atoms with Crippen molar-refractivity contribution in [2.75, 3.05) is 0 Å². The summed E-state index contributed by atoms with van der Waals surface area (Å²) in [5.74, 6) is 0.783. The van der Waals surface area contributed by atoms with Crippen LogP contribution >= 0.6 is 12.6 Å². The Labute approximate surface area is 53.3 Å². The third-order valence-corrected chi connectivity index (χ3v) is 1.63. The van der Waals surface area contributed by atoms with E-state index in [1.54, 1.807) is 0 Å². The zero-order chi connectivity index (χ0) is 6.15. The Hall–Kier alpha value is -0.440. The fourth-order valence-corrected chi connectivity index (χ4v) is 0.560. The van der Waals surface area contributed by atoms with Gasteiger partial charge in [-0.15, -0.1) is 12.6 Å². The maximum Gasteiger partial charge on any atom is 0.147 e. The molecule has 1 heterocycles. The van der Waals surface area contributed by atoms with Gasteiger partial charge in [-0.25, -0.2) is 0 Å². The Morgan fingerprint density at radius 3 is 2.25 bits per heavy atom. The Balaban J connectivity index is 3.19. The number of hydrogen-bond donors (Lipinski definition) is 1. The molecule has 0 unspecified atom stereocenters. The molecule has 0 fully saturated rings. The first-order valence-corrected chi connectivity index (χ1v) is 2.78. The lowest BCUT2D eigenvalue weighted by Crippen LogP contribution is -1.67. The molecule has 1 aromatic rings. The van der Waals surface area contributed by atoms with Crippen molar-refractivity contribution in [3.63, 3.8) is 0 Å². The SMILES string of the molecule is Cc1noc(C)c1S. The Bertz CT molecular complexity index is 175. The normalized spacial score (nSPS) is 9.88. The van der Waals surface area contributed by atoms with Crippen molar-refractivity contribution < 1.29 is 4.52 Å². The first-order chi connectivity index (χ1) is 3.72. The van der Waals surface area contributed by atoms with Crippen molar-refractivity contribution in [2.45, 2.75) is 18.7 Å². The molecule has 8 heavy (non-hydrogen) atoms. The molecule has 0 bridgehead atoms. The van der Waals surface area contributed by atoms with E-state index in [1.165, 1.54) is 0 Å². The van der Waals surface area contributed by atoms with Crippen molar-refractivity contribution in [1.29, 1.82) is 0 Å². The van der Waals surface area contributed by atoms with Gasteiger partial charge in [0, 0.05) is 0 Å². The fourth-order valence-electron chi connectivity index (χ4n) is 0.478. The minimum absolute atomic E-state index is 0.783. The van der Waals surface area contributed by atoms with Crippen LogP contribution in [-0.2, 0) is 0 Å². The summed E-state index contributed by atoms with van der Waals surface area (Å²) in [4.78, 5) is 0.852. The van der Waals surface area contributed by atoms with E-state index < -0.39 is 0 Å². The van der Waals surface area contributed by atoms with Gasteiger partial charge in [0.05, 0.1) is 10.6 Å². The second kappa shape index (κ2) is 1.82. The van der Waals surface area contributed by atoms with Crippen LogP contribution in [0.2, 0.25) is 0 Å². The minimum Gasteiger partial charge on any atom is -0.360 e. The molecule has 44 valence electrons. The van der Waals surface area contributed by atoms with E-state index in [4.69, 9.17) is 4.52 Å². The predicted molar refractivity (Wildman–Crippen MR) is 33.2 cm³/mol. The lowest BCUT2D eigenvalue weighted by atomic mass is 10.4. The molecule has 0 saturated heterocycles. The van der Waals surface area contributed by atoms with Gasteiger partial charge in [-0.2, -0.15) is 0 Å². The van der Waals surface area contributed by atoms with Gasteiger partial charge >= 0.3 is 0 Å². The Morgan fingerprint density at radius 1 is 1.50 bits per heavy atom. The fraction of sp³-hybridized carbons (Fsp3) is 0.400. The molecule has 0 N–H and O–H groups in total. The molecule has 0 aliphatic carbocycles. The van der Waals surface area contributed by atoms with Crippen LogP contribution in [0.1, 0.15) is 11.5 Å². The number of aryl methyl sites for hydroxylation is 2. The monoisotopic (exact) mass is 129 g/mol. The third kappa shape index (κ3) is 0.733. The van der Waals surface area contributed by atoms with Gasteiger partial charge in [0.2, 0.25) is 0 Å². The molecule has 2 nitrogen and oxygen atoms in total. The van der Waals surface area contributed by atoms with Gasteiger partial charge in [-0.3, -0.25) is 0 Å². The second-order valence-electron chi connectivity index (χ2n) is 1.67. The van der Waals surface area contributed by atoms with E-state index >= 15 is 0 Å². The summed E-state index contributed by atoms with van der Waals surface area (Å²) in [5, 5.41) is 3.66. The number of aromatic nitrogens is 1. The zero-order valence-electron chi connectivity index (χ0n) is 4.80. The van der Waals surface area contributed by atoms with Gasteiger partial charge in [0.15, 0.2) is 0 Å². The van der Waals surface area contributed by atoms with E-state index in [0.717, 1.165) is 16.3 Å². The zero-order valence-corrected chi connectivity index (χ0v) is 5.70. The summed E-state index contributed by atoms with van der Waals surface area (Å²) in [6.45, 7) is 3.70. The summed E-state index contributed by atoms with van der Waals surface area (Å²) in [6.07, 6.45) is 0. The maximum atomic E-state index is 4.77. The molecule has 1 rings (SSSR count). The molecule has 3 heteroatoms. The molecule has 0 atom stereocenters. The number of thiol groups is 1. The molecule has 0 radical (unpaired) electrons. The second-order valence-corrected chi connectivity index (χ2v) is 2.12. The lowest BCUT2D eigenvalue weighted by Gasteiger charge is -1.79. The quantitative estimate of drug-likeness (QED) is 0.538. The standard InChI is InChI=1S/C5H7NOS/c1-3-5(8)4(2)7-6-3/h8H,1-2H3. The number of nitrogens with zero attached hydrogens (tertiary/aromatic N) is 1. The highest BCUT2D eigenvalue weighted by Gasteiger charge is 2.01. The third-order valence-electron chi connectivity index (χ3n) is 0.996. The van der Waals surface area contributed by atoms with E-state index in [-0.39, 0.29) is 0 Å². The van der Waals surface area contributed by atoms with E-state index in [1.807, 2.05) is 13.8 Å². The average molecular weight is 129 g/mol. The minimum atomic E-state index is 0.783. The van der Waals surface area contributed by atoms with Crippen molar-refractivity contribution in [1.82, 2.24) is 5.16 Å². The van der Waals surface area contributed by atoms with Gasteiger partial charge in [-0.1, -0.05) is 5.16 Å². The molecule has 0 aromatic carbocycles. The summed E-state index contributed by atoms with van der Waals surface area (Å²) in [6, 6.07) is 0. The van der Waals surface area contributed by atoms with Crippen LogP contribution in [0.4, 0.5) is 0 Å². The number of hydrogen-bond acceptors (Lipinski definition) is 3. The molecular weight excluding hydrogens is 122 g/mol. The van der Waals surface area contributed by atoms with Crippen LogP contribution in [0.15, 0.2) is 9.42 Å². The van der Waals surface area contributed by atoms with Crippen LogP contribution in [-0.4, -0.2) is 5.16 Å². The summed E-state index contributed by atoms with van der Waals surface area (Å²) < 4.78 is 4.77. The lowest BCUT2D eigenvalue weighted by molar-refractivity contribution is 0.391. The van der Waals surface area contributed by atoms with Crippen molar-refractivity contribution >= 4 is 12.6 Å². The van der Waals surface area contributed by atoms with Crippen LogP contribution in [0.5, 0.6) is 0 Å².